The van der Waals surface area contributed by atoms with Crippen molar-refractivity contribution < 1.29 is 28.7 Å². The van der Waals surface area contributed by atoms with Gasteiger partial charge in [0.1, 0.15) is 6.54 Å². The molecule has 5 rings (SSSR count). The largest absolute Gasteiger partial charge is 0.454 e. The van der Waals surface area contributed by atoms with Crippen molar-refractivity contribution in [2.24, 2.45) is 0 Å². The van der Waals surface area contributed by atoms with Gasteiger partial charge in [-0.1, -0.05) is 60.7 Å². The number of carbonyl (C=O) groups is 4. The smallest absolute Gasteiger partial charge is 0.325 e. The van der Waals surface area contributed by atoms with Crippen molar-refractivity contribution in [1.29, 1.82) is 0 Å². The number of imide groups is 2. The van der Waals surface area contributed by atoms with E-state index in [0.29, 0.717) is 22.7 Å². The fraction of sp³-hybridized carbons (Fsp3) is 0.154. The Morgan fingerprint density at radius 1 is 0.917 bits per heavy atom. The summed E-state index contributed by atoms with van der Waals surface area (Å²) < 4.78 is 10.5. The van der Waals surface area contributed by atoms with Crippen LogP contribution in [0.4, 0.5) is 15.3 Å². The maximum atomic E-state index is 13.6. The highest BCUT2D eigenvalue weighted by molar-refractivity contribution is 6.11. The van der Waals surface area contributed by atoms with Crippen molar-refractivity contribution >= 4 is 29.6 Å². The van der Waals surface area contributed by atoms with Gasteiger partial charge in [-0.05, 0) is 23.3 Å². The summed E-state index contributed by atoms with van der Waals surface area (Å²) in [6.45, 7) is -0.535. The van der Waals surface area contributed by atoms with E-state index in [0.717, 1.165) is 10.5 Å². The highest BCUT2D eigenvalue weighted by Gasteiger charge is 2.52. The van der Waals surface area contributed by atoms with Gasteiger partial charge in [-0.3, -0.25) is 19.8 Å². The molecule has 182 valence electrons. The van der Waals surface area contributed by atoms with E-state index >= 15 is 0 Å². The molecule has 0 unspecified atom stereocenters. The van der Waals surface area contributed by atoms with Gasteiger partial charge in [0.2, 0.25) is 12.7 Å². The number of nitrogens with one attached hydrogen (secondary N) is 3. The zero-order valence-corrected chi connectivity index (χ0v) is 19.0. The van der Waals surface area contributed by atoms with Crippen molar-refractivity contribution in [3.63, 3.8) is 0 Å². The number of rotatable bonds is 6. The van der Waals surface area contributed by atoms with E-state index < -0.39 is 36.0 Å². The Morgan fingerprint density at radius 2 is 1.61 bits per heavy atom. The minimum atomic E-state index is -1.38. The molecule has 3 aromatic carbocycles. The number of benzene rings is 3. The second kappa shape index (κ2) is 9.41. The third kappa shape index (κ3) is 4.43. The monoisotopic (exact) mass is 486 g/mol. The van der Waals surface area contributed by atoms with Crippen LogP contribution in [-0.4, -0.2) is 42.1 Å². The maximum absolute atomic E-state index is 13.6. The summed E-state index contributed by atoms with van der Waals surface area (Å²) in [6.07, 6.45) is 0.200. The molecule has 36 heavy (non-hydrogen) atoms. The molecule has 0 radical (unpaired) electrons. The van der Waals surface area contributed by atoms with Crippen molar-refractivity contribution in [2.45, 2.75) is 12.0 Å². The zero-order chi connectivity index (χ0) is 25.1. The average molecular weight is 486 g/mol. The van der Waals surface area contributed by atoms with Crippen molar-refractivity contribution in [1.82, 2.24) is 15.5 Å². The molecule has 2 aliphatic rings. The first-order chi connectivity index (χ1) is 17.4. The predicted molar refractivity (Wildman–Crippen MR) is 128 cm³/mol. The van der Waals surface area contributed by atoms with Gasteiger partial charge >= 0.3 is 12.1 Å². The molecule has 0 spiro atoms. The van der Waals surface area contributed by atoms with Crippen LogP contribution in [0.2, 0.25) is 0 Å². The number of ether oxygens (including phenoxy) is 2. The van der Waals surface area contributed by atoms with Crippen LogP contribution < -0.4 is 25.4 Å². The number of fused-ring (bicyclic) bond motifs is 1. The Labute approximate surface area is 206 Å². The van der Waals surface area contributed by atoms with E-state index in [-0.39, 0.29) is 13.2 Å². The van der Waals surface area contributed by atoms with Crippen LogP contribution in [0.5, 0.6) is 11.5 Å². The van der Waals surface area contributed by atoms with E-state index in [4.69, 9.17) is 9.47 Å². The Kier molecular flexibility index (Phi) is 5.99. The van der Waals surface area contributed by atoms with E-state index in [2.05, 4.69) is 16.0 Å². The van der Waals surface area contributed by atoms with E-state index in [9.17, 15) is 19.2 Å². The van der Waals surface area contributed by atoms with Crippen LogP contribution in [0.15, 0.2) is 78.9 Å². The molecule has 6 amide bonds. The molecule has 3 aromatic rings. The first kappa shape index (κ1) is 22.9. The summed E-state index contributed by atoms with van der Waals surface area (Å²) in [7, 11) is 0. The number of urea groups is 2. The molecule has 1 saturated heterocycles. The van der Waals surface area contributed by atoms with E-state index in [1.165, 1.54) is 0 Å². The number of anilines is 1. The third-order valence-electron chi connectivity index (χ3n) is 5.94. The minimum Gasteiger partial charge on any atom is -0.454 e. The number of hydrogen-bond donors (Lipinski definition) is 3. The van der Waals surface area contributed by atoms with Gasteiger partial charge < -0.3 is 20.1 Å². The highest BCUT2D eigenvalue weighted by atomic mass is 16.7. The fourth-order valence-corrected chi connectivity index (χ4v) is 4.26. The molecule has 0 bridgehead atoms. The molecule has 0 aliphatic carbocycles. The SMILES string of the molecule is O=C(CN1C(=O)N[C@@](Cc2ccccc2)(c2ccccc2)C1=O)NC(=O)Nc1ccc2c(c1)OCO2. The lowest BCUT2D eigenvalue weighted by atomic mass is 9.83. The normalized spacial score (nSPS) is 18.1. The molecular formula is C26H22N4O6. The lowest BCUT2D eigenvalue weighted by Crippen LogP contribution is -2.47. The molecule has 1 fully saturated rings. The number of nitrogens with zero attached hydrogens (tertiary/aromatic N) is 1. The first-order valence-electron chi connectivity index (χ1n) is 11.2. The standard InChI is InChI=1S/C26H22N4O6/c31-22(28-24(33)27-19-11-12-20-21(13-19)36-16-35-20)15-30-23(32)26(29-25(30)34,18-9-5-2-6-10-18)14-17-7-3-1-4-8-17/h1-13H,14-16H2,(H,29,34)(H2,27,28,31,33)/t26-/m0/s1. The van der Waals surface area contributed by atoms with Crippen LogP contribution in [-0.2, 0) is 21.5 Å². The summed E-state index contributed by atoms with van der Waals surface area (Å²) in [5, 5.41) is 7.45. The van der Waals surface area contributed by atoms with Crippen molar-refractivity contribution in [3.05, 3.63) is 90.0 Å². The van der Waals surface area contributed by atoms with Gasteiger partial charge in [0.05, 0.1) is 0 Å². The van der Waals surface area contributed by atoms with Crippen LogP contribution in [0.25, 0.3) is 0 Å². The lowest BCUT2D eigenvalue weighted by Gasteiger charge is -2.27. The summed E-state index contributed by atoms with van der Waals surface area (Å²) in [5.74, 6) is -0.378. The van der Waals surface area contributed by atoms with Crippen molar-refractivity contribution in [2.75, 3.05) is 18.7 Å². The summed E-state index contributed by atoms with van der Waals surface area (Å²) in [6, 6.07) is 21.4. The topological polar surface area (TPSA) is 126 Å². The highest BCUT2D eigenvalue weighted by Crippen LogP contribution is 2.34. The predicted octanol–water partition coefficient (Wildman–Crippen LogP) is 2.75. The number of carbonyl (C=O) groups excluding carboxylic acids is 4. The average Bonchev–Trinajstić information content (AvgIpc) is 3.43. The van der Waals surface area contributed by atoms with Crippen LogP contribution in [0, 0.1) is 0 Å². The third-order valence-corrected chi connectivity index (χ3v) is 5.94. The molecule has 3 N–H and O–H groups in total. The van der Waals surface area contributed by atoms with Gasteiger partial charge in [-0.15, -0.1) is 0 Å². The molecule has 0 aromatic heterocycles. The van der Waals surface area contributed by atoms with Gasteiger partial charge in [0.25, 0.3) is 5.91 Å². The second-order valence-electron chi connectivity index (χ2n) is 8.33. The zero-order valence-electron chi connectivity index (χ0n) is 19.0. The van der Waals surface area contributed by atoms with Crippen molar-refractivity contribution in [3.8, 4) is 11.5 Å². The van der Waals surface area contributed by atoms with Crippen LogP contribution >= 0.6 is 0 Å². The minimum absolute atomic E-state index is 0.0874. The second-order valence-corrected chi connectivity index (χ2v) is 8.33. The molecule has 10 heteroatoms. The first-order valence-corrected chi connectivity index (χ1v) is 11.2. The maximum Gasteiger partial charge on any atom is 0.325 e. The van der Waals surface area contributed by atoms with Crippen LogP contribution in [0.1, 0.15) is 11.1 Å². The molecular weight excluding hydrogens is 464 g/mol. The van der Waals surface area contributed by atoms with E-state index in [1.807, 2.05) is 36.4 Å². The molecule has 0 saturated carbocycles. The summed E-state index contributed by atoms with van der Waals surface area (Å²) in [5.41, 5.74) is 0.430. The molecule has 10 nitrogen and oxygen atoms in total. The quantitative estimate of drug-likeness (QED) is 0.460. The Hall–Kier alpha value is -4.86. The Bertz CT molecular complexity index is 1330. The number of hydrogen-bond acceptors (Lipinski definition) is 6. The Morgan fingerprint density at radius 3 is 2.36 bits per heavy atom. The Balaban J connectivity index is 1.29. The summed E-state index contributed by atoms with van der Waals surface area (Å²) in [4.78, 5) is 52.2. The fourth-order valence-electron chi connectivity index (χ4n) is 4.26. The molecule has 1 atom stereocenters. The summed E-state index contributed by atoms with van der Waals surface area (Å²) >= 11 is 0. The van der Waals surface area contributed by atoms with Gasteiger partial charge in [0.15, 0.2) is 17.0 Å². The van der Waals surface area contributed by atoms with Crippen LogP contribution in [0.3, 0.4) is 0 Å². The van der Waals surface area contributed by atoms with E-state index in [1.54, 1.807) is 42.5 Å². The lowest BCUT2D eigenvalue weighted by molar-refractivity contribution is -0.135. The molecule has 2 heterocycles. The molecule has 2 aliphatic heterocycles. The van der Waals surface area contributed by atoms with Gasteiger partial charge in [-0.25, -0.2) is 9.59 Å². The van der Waals surface area contributed by atoms with Gasteiger partial charge in [-0.2, -0.15) is 0 Å². The number of amides is 6. The van der Waals surface area contributed by atoms with Gasteiger partial charge in [0, 0.05) is 18.2 Å².